The summed E-state index contributed by atoms with van der Waals surface area (Å²) in [6, 6.07) is 20.6. The Bertz CT molecular complexity index is 1230. The van der Waals surface area contributed by atoms with Crippen molar-refractivity contribution in [3.8, 4) is 0 Å². The number of amides is 1. The highest BCUT2D eigenvalue weighted by Crippen LogP contribution is 2.42. The van der Waals surface area contributed by atoms with Gasteiger partial charge in [-0.3, -0.25) is 9.59 Å². The molecular formula is C28H27NO4. The predicted octanol–water partition coefficient (Wildman–Crippen LogP) is 5.00. The molecule has 2 unspecified atom stereocenters. The van der Waals surface area contributed by atoms with Crippen LogP contribution in [0.2, 0.25) is 0 Å². The van der Waals surface area contributed by atoms with Gasteiger partial charge in [-0.05, 0) is 41.2 Å². The molecule has 5 heteroatoms. The van der Waals surface area contributed by atoms with E-state index in [9.17, 15) is 14.7 Å². The van der Waals surface area contributed by atoms with Gasteiger partial charge in [-0.1, -0.05) is 73.7 Å². The van der Waals surface area contributed by atoms with Gasteiger partial charge in [0.05, 0.1) is 17.7 Å². The van der Waals surface area contributed by atoms with E-state index < -0.39 is 17.7 Å². The number of benzene rings is 3. The van der Waals surface area contributed by atoms with Crippen molar-refractivity contribution < 1.29 is 19.4 Å². The van der Waals surface area contributed by atoms with E-state index in [4.69, 9.17) is 4.74 Å². The van der Waals surface area contributed by atoms with Gasteiger partial charge in [0.1, 0.15) is 5.76 Å². The van der Waals surface area contributed by atoms with Crippen molar-refractivity contribution in [2.45, 2.75) is 38.3 Å². The zero-order valence-corrected chi connectivity index (χ0v) is 18.7. The molecule has 2 heterocycles. The molecule has 33 heavy (non-hydrogen) atoms. The third-order valence-corrected chi connectivity index (χ3v) is 6.72. The zero-order chi connectivity index (χ0) is 22.9. The number of hydrogen-bond donors (Lipinski definition) is 1. The van der Waals surface area contributed by atoms with Crippen LogP contribution in [0.15, 0.2) is 72.3 Å². The van der Waals surface area contributed by atoms with Gasteiger partial charge in [-0.25, -0.2) is 0 Å². The van der Waals surface area contributed by atoms with Gasteiger partial charge >= 0.3 is 0 Å². The van der Waals surface area contributed by atoms with Gasteiger partial charge in [-0.2, -0.15) is 0 Å². The van der Waals surface area contributed by atoms with Crippen LogP contribution >= 0.6 is 0 Å². The fraction of sp³-hybridized carbons (Fsp3) is 0.286. The lowest BCUT2D eigenvalue weighted by Crippen LogP contribution is -2.36. The minimum Gasteiger partial charge on any atom is -0.507 e. The molecule has 3 aromatic carbocycles. The molecule has 0 radical (unpaired) electrons. The Kier molecular flexibility index (Phi) is 5.73. The average Bonchev–Trinajstić information content (AvgIpc) is 3.46. The molecule has 3 aromatic rings. The van der Waals surface area contributed by atoms with Crippen molar-refractivity contribution in [2.24, 2.45) is 0 Å². The number of fused-ring (bicyclic) bond motifs is 1. The summed E-state index contributed by atoms with van der Waals surface area (Å²) in [7, 11) is 0. The minimum atomic E-state index is -0.675. The van der Waals surface area contributed by atoms with Crippen LogP contribution in [0.3, 0.4) is 0 Å². The van der Waals surface area contributed by atoms with Gasteiger partial charge in [-0.15, -0.1) is 0 Å². The van der Waals surface area contributed by atoms with Crippen molar-refractivity contribution in [2.75, 3.05) is 13.2 Å². The first-order chi connectivity index (χ1) is 16.1. The topological polar surface area (TPSA) is 66.8 Å². The first-order valence-corrected chi connectivity index (χ1v) is 11.6. The first-order valence-electron chi connectivity index (χ1n) is 11.6. The Balaban J connectivity index is 1.68. The second-order valence-electron chi connectivity index (χ2n) is 8.71. The fourth-order valence-corrected chi connectivity index (χ4v) is 4.94. The highest BCUT2D eigenvalue weighted by Gasteiger charge is 2.47. The Morgan fingerprint density at radius 3 is 2.52 bits per heavy atom. The number of nitrogens with zero attached hydrogens (tertiary/aromatic N) is 1. The number of rotatable bonds is 5. The maximum atomic E-state index is 13.3. The zero-order valence-electron chi connectivity index (χ0n) is 18.7. The standard InChI is InChI=1S/C28H27NO4/c1-2-18-12-14-20(15-13-18)26(30)24-25(23-11-5-8-19-7-3-4-10-22(19)23)29(28(32)27(24)31)17-21-9-6-16-33-21/h3-5,7-8,10-15,21,25,30H,2,6,9,16-17H2,1H3/b26-24-. The summed E-state index contributed by atoms with van der Waals surface area (Å²) in [5.41, 5.74) is 2.64. The molecule has 2 aliphatic rings. The maximum absolute atomic E-state index is 13.3. The van der Waals surface area contributed by atoms with Crippen molar-refractivity contribution >= 4 is 28.2 Å². The second-order valence-corrected chi connectivity index (χ2v) is 8.71. The van der Waals surface area contributed by atoms with E-state index >= 15 is 0 Å². The van der Waals surface area contributed by atoms with E-state index in [2.05, 4.69) is 6.92 Å². The van der Waals surface area contributed by atoms with Crippen LogP contribution in [0.5, 0.6) is 0 Å². The van der Waals surface area contributed by atoms with Crippen LogP contribution in [-0.2, 0) is 20.7 Å². The number of aliphatic hydroxyl groups excluding tert-OH is 1. The molecule has 2 fully saturated rings. The Labute approximate surface area is 193 Å². The van der Waals surface area contributed by atoms with Crippen LogP contribution in [0.25, 0.3) is 16.5 Å². The predicted molar refractivity (Wildman–Crippen MR) is 128 cm³/mol. The highest BCUT2D eigenvalue weighted by atomic mass is 16.5. The second kappa shape index (κ2) is 8.83. The number of aliphatic hydroxyl groups is 1. The number of hydrogen-bond acceptors (Lipinski definition) is 4. The molecule has 2 atom stereocenters. The van der Waals surface area contributed by atoms with E-state index in [0.29, 0.717) is 18.7 Å². The van der Waals surface area contributed by atoms with Crippen molar-refractivity contribution in [3.05, 3.63) is 89.0 Å². The monoisotopic (exact) mass is 441 g/mol. The molecule has 0 aromatic heterocycles. The Morgan fingerprint density at radius 2 is 1.79 bits per heavy atom. The molecular weight excluding hydrogens is 414 g/mol. The van der Waals surface area contributed by atoms with Crippen LogP contribution in [0.4, 0.5) is 0 Å². The SMILES string of the molecule is CCc1ccc(/C(O)=C2/C(=O)C(=O)N(CC3CCCO3)C2c2cccc3ccccc23)cc1. The van der Waals surface area contributed by atoms with E-state index in [1.165, 1.54) is 0 Å². The number of ketones is 1. The summed E-state index contributed by atoms with van der Waals surface area (Å²) in [6.45, 7) is 3.05. The summed E-state index contributed by atoms with van der Waals surface area (Å²) in [5.74, 6) is -1.37. The molecule has 0 bridgehead atoms. The molecule has 2 saturated heterocycles. The van der Waals surface area contributed by atoms with Crippen molar-refractivity contribution in [1.82, 2.24) is 4.90 Å². The molecule has 0 saturated carbocycles. The molecule has 168 valence electrons. The van der Waals surface area contributed by atoms with E-state index in [-0.39, 0.29) is 17.4 Å². The molecule has 1 N–H and O–H groups in total. The van der Waals surface area contributed by atoms with Crippen molar-refractivity contribution in [1.29, 1.82) is 0 Å². The van der Waals surface area contributed by atoms with E-state index in [1.807, 2.05) is 66.7 Å². The number of ether oxygens (including phenoxy) is 1. The number of aryl methyl sites for hydroxylation is 1. The molecule has 5 nitrogen and oxygen atoms in total. The molecule has 5 rings (SSSR count). The largest absolute Gasteiger partial charge is 0.507 e. The van der Waals surface area contributed by atoms with Gasteiger partial charge < -0.3 is 14.7 Å². The van der Waals surface area contributed by atoms with E-state index in [1.54, 1.807) is 4.90 Å². The summed E-state index contributed by atoms with van der Waals surface area (Å²) >= 11 is 0. The Morgan fingerprint density at radius 1 is 1.03 bits per heavy atom. The lowest BCUT2D eigenvalue weighted by atomic mass is 9.91. The van der Waals surface area contributed by atoms with E-state index in [0.717, 1.165) is 41.2 Å². The third kappa shape index (κ3) is 3.83. The fourth-order valence-electron chi connectivity index (χ4n) is 4.94. The number of likely N-dealkylation sites (tertiary alicyclic amines) is 1. The number of carbonyl (C=O) groups is 2. The first kappa shape index (κ1) is 21.4. The molecule has 0 spiro atoms. The molecule has 2 aliphatic heterocycles. The van der Waals surface area contributed by atoms with Gasteiger partial charge in [0.15, 0.2) is 0 Å². The average molecular weight is 442 g/mol. The van der Waals surface area contributed by atoms with Gasteiger partial charge in [0.2, 0.25) is 0 Å². The summed E-state index contributed by atoms with van der Waals surface area (Å²) in [5, 5.41) is 13.3. The van der Waals surface area contributed by atoms with Gasteiger partial charge in [0, 0.05) is 18.7 Å². The van der Waals surface area contributed by atoms with Crippen LogP contribution < -0.4 is 0 Å². The molecule has 1 amide bonds. The van der Waals surface area contributed by atoms with Crippen LogP contribution in [-0.4, -0.2) is 41.0 Å². The Hall–Kier alpha value is -3.44. The number of Topliss-reactive ketones (excluding diaryl/α,β-unsaturated/α-hetero) is 1. The normalized spacial score (nSPS) is 22.4. The van der Waals surface area contributed by atoms with Crippen molar-refractivity contribution in [3.63, 3.8) is 0 Å². The number of carbonyl (C=O) groups excluding carboxylic acids is 2. The summed E-state index contributed by atoms with van der Waals surface area (Å²) < 4.78 is 5.79. The van der Waals surface area contributed by atoms with Crippen LogP contribution in [0.1, 0.15) is 42.5 Å². The van der Waals surface area contributed by atoms with Gasteiger partial charge in [0.25, 0.3) is 11.7 Å². The summed E-state index contributed by atoms with van der Waals surface area (Å²) in [6.07, 6.45) is 2.56. The molecule has 0 aliphatic carbocycles. The lowest BCUT2D eigenvalue weighted by molar-refractivity contribution is -0.140. The van der Waals surface area contributed by atoms with Crippen LogP contribution in [0, 0.1) is 0 Å². The lowest BCUT2D eigenvalue weighted by Gasteiger charge is -2.28. The summed E-state index contributed by atoms with van der Waals surface area (Å²) in [4.78, 5) is 28.1. The quantitative estimate of drug-likeness (QED) is 0.344. The third-order valence-electron chi connectivity index (χ3n) is 6.72. The highest BCUT2D eigenvalue weighted by molar-refractivity contribution is 6.46. The smallest absolute Gasteiger partial charge is 0.295 e. The maximum Gasteiger partial charge on any atom is 0.295 e. The minimum absolute atomic E-state index is 0.107.